The van der Waals surface area contributed by atoms with E-state index in [2.05, 4.69) is 30.4 Å². The number of anilines is 2. The third kappa shape index (κ3) is 2.29. The summed E-state index contributed by atoms with van der Waals surface area (Å²) >= 11 is 0. The molecular weight excluding hydrogens is 256 g/mol. The Balaban J connectivity index is 2.06. The van der Waals surface area contributed by atoms with Gasteiger partial charge in [-0.3, -0.25) is 5.10 Å². The van der Waals surface area contributed by atoms with Gasteiger partial charge in [-0.15, -0.1) is 0 Å². The monoisotopic (exact) mass is 276 g/mol. The van der Waals surface area contributed by atoms with Crippen LogP contribution in [0.4, 0.5) is 11.8 Å². The van der Waals surface area contributed by atoms with E-state index in [1.807, 2.05) is 0 Å². The first kappa shape index (κ1) is 13.1. The van der Waals surface area contributed by atoms with Gasteiger partial charge in [0.1, 0.15) is 5.82 Å². The molecule has 0 bridgehead atoms. The Morgan fingerprint density at radius 1 is 1.40 bits per heavy atom. The van der Waals surface area contributed by atoms with Crippen LogP contribution < -0.4 is 10.2 Å². The van der Waals surface area contributed by atoms with Crippen LogP contribution in [-0.2, 0) is 0 Å². The standard InChI is InChI=1S/C13H20N6O/c1-14-13-16-11-10(8-15-18-11)12(17-13)19(6-7-20)9-4-2-3-5-9/h8-9,20H,2-7H2,1H3,(H2,14,15,16,17,18). The second-order valence-corrected chi connectivity index (χ2v) is 5.11. The zero-order valence-corrected chi connectivity index (χ0v) is 11.6. The molecule has 7 nitrogen and oxygen atoms in total. The Hall–Kier alpha value is -1.89. The molecule has 108 valence electrons. The van der Waals surface area contributed by atoms with Crippen LogP contribution in [0.1, 0.15) is 25.7 Å². The van der Waals surface area contributed by atoms with Crippen molar-refractivity contribution in [2.75, 3.05) is 30.4 Å². The summed E-state index contributed by atoms with van der Waals surface area (Å²) in [6.07, 6.45) is 6.54. The molecule has 0 atom stereocenters. The average molecular weight is 276 g/mol. The highest BCUT2D eigenvalue weighted by molar-refractivity contribution is 5.87. The number of rotatable bonds is 5. The number of aromatic nitrogens is 4. The molecule has 0 aliphatic heterocycles. The van der Waals surface area contributed by atoms with Crippen molar-refractivity contribution in [1.82, 2.24) is 20.2 Å². The fraction of sp³-hybridized carbons (Fsp3) is 0.615. The predicted molar refractivity (Wildman–Crippen MR) is 77.9 cm³/mol. The first-order valence-electron chi connectivity index (χ1n) is 7.10. The maximum absolute atomic E-state index is 9.38. The summed E-state index contributed by atoms with van der Waals surface area (Å²) in [6, 6.07) is 0.444. The second-order valence-electron chi connectivity index (χ2n) is 5.11. The molecule has 0 aromatic carbocycles. The van der Waals surface area contributed by atoms with E-state index in [9.17, 15) is 5.11 Å². The molecule has 0 amide bonds. The van der Waals surface area contributed by atoms with Gasteiger partial charge in [-0.05, 0) is 12.8 Å². The highest BCUT2D eigenvalue weighted by Crippen LogP contribution is 2.31. The first-order chi connectivity index (χ1) is 9.83. The molecule has 2 heterocycles. The molecule has 3 rings (SSSR count). The van der Waals surface area contributed by atoms with Crippen LogP contribution in [0.2, 0.25) is 0 Å². The fourth-order valence-electron chi connectivity index (χ4n) is 2.94. The molecule has 1 saturated carbocycles. The van der Waals surface area contributed by atoms with Crippen molar-refractivity contribution in [1.29, 1.82) is 0 Å². The van der Waals surface area contributed by atoms with Gasteiger partial charge >= 0.3 is 0 Å². The van der Waals surface area contributed by atoms with E-state index >= 15 is 0 Å². The summed E-state index contributed by atoms with van der Waals surface area (Å²) in [6.45, 7) is 0.708. The zero-order valence-electron chi connectivity index (χ0n) is 11.6. The molecule has 0 unspecified atom stereocenters. The summed E-state index contributed by atoms with van der Waals surface area (Å²) in [5.74, 6) is 1.42. The molecular formula is C13H20N6O. The molecule has 2 aromatic rings. The minimum Gasteiger partial charge on any atom is -0.395 e. The highest BCUT2D eigenvalue weighted by Gasteiger charge is 2.25. The highest BCUT2D eigenvalue weighted by atomic mass is 16.3. The first-order valence-corrected chi connectivity index (χ1v) is 7.10. The summed E-state index contributed by atoms with van der Waals surface area (Å²) in [4.78, 5) is 11.1. The van der Waals surface area contributed by atoms with Gasteiger partial charge < -0.3 is 15.3 Å². The molecule has 0 saturated heterocycles. The molecule has 3 N–H and O–H groups in total. The van der Waals surface area contributed by atoms with Crippen LogP contribution in [0.15, 0.2) is 6.20 Å². The van der Waals surface area contributed by atoms with Gasteiger partial charge in [0.05, 0.1) is 18.2 Å². The van der Waals surface area contributed by atoms with Gasteiger partial charge in [0.15, 0.2) is 5.65 Å². The quantitative estimate of drug-likeness (QED) is 0.758. The normalized spacial score (nSPS) is 15.9. The smallest absolute Gasteiger partial charge is 0.226 e. The fourth-order valence-corrected chi connectivity index (χ4v) is 2.94. The summed E-state index contributed by atoms with van der Waals surface area (Å²) in [5.41, 5.74) is 0.722. The maximum Gasteiger partial charge on any atom is 0.226 e. The number of fused-ring (bicyclic) bond motifs is 1. The SMILES string of the molecule is CNc1nc(N(CCO)C2CCCC2)c2cn[nH]c2n1. The molecule has 7 heteroatoms. The van der Waals surface area contributed by atoms with Gasteiger partial charge in [0.2, 0.25) is 5.95 Å². The van der Waals surface area contributed by atoms with E-state index in [0.29, 0.717) is 18.5 Å². The average Bonchev–Trinajstić information content (AvgIpc) is 3.14. The van der Waals surface area contributed by atoms with Crippen molar-refractivity contribution in [3.8, 4) is 0 Å². The predicted octanol–water partition coefficient (Wildman–Crippen LogP) is 1.14. The van der Waals surface area contributed by atoms with E-state index in [1.165, 1.54) is 12.8 Å². The lowest BCUT2D eigenvalue weighted by molar-refractivity contribution is 0.297. The number of aliphatic hydroxyl groups excluding tert-OH is 1. The zero-order chi connectivity index (χ0) is 13.9. The number of H-pyrrole nitrogens is 1. The summed E-state index contributed by atoms with van der Waals surface area (Å²) in [5, 5.41) is 20.2. The lowest BCUT2D eigenvalue weighted by Crippen LogP contribution is -2.36. The van der Waals surface area contributed by atoms with Crippen LogP contribution in [0.5, 0.6) is 0 Å². The number of nitrogens with zero attached hydrogens (tertiary/aromatic N) is 4. The van der Waals surface area contributed by atoms with E-state index in [-0.39, 0.29) is 6.61 Å². The lowest BCUT2D eigenvalue weighted by Gasteiger charge is -2.30. The number of aromatic amines is 1. The number of hydrogen-bond acceptors (Lipinski definition) is 6. The number of aliphatic hydroxyl groups is 1. The Morgan fingerprint density at radius 2 is 2.20 bits per heavy atom. The van der Waals surface area contributed by atoms with Crippen molar-refractivity contribution < 1.29 is 5.11 Å². The topological polar surface area (TPSA) is 90.0 Å². The van der Waals surface area contributed by atoms with Gasteiger partial charge in [-0.25, -0.2) is 0 Å². The van der Waals surface area contributed by atoms with Crippen molar-refractivity contribution in [3.63, 3.8) is 0 Å². The van der Waals surface area contributed by atoms with Crippen LogP contribution >= 0.6 is 0 Å². The molecule has 1 aliphatic carbocycles. The number of hydrogen-bond donors (Lipinski definition) is 3. The van der Waals surface area contributed by atoms with E-state index in [4.69, 9.17) is 0 Å². The van der Waals surface area contributed by atoms with Crippen molar-refractivity contribution in [3.05, 3.63) is 6.20 Å². The molecule has 1 aliphatic rings. The summed E-state index contributed by atoms with van der Waals surface area (Å²) in [7, 11) is 1.80. The van der Waals surface area contributed by atoms with Gasteiger partial charge in [-0.2, -0.15) is 15.1 Å². The third-order valence-electron chi connectivity index (χ3n) is 3.89. The van der Waals surface area contributed by atoms with Crippen LogP contribution in [0.3, 0.4) is 0 Å². The Kier molecular flexibility index (Phi) is 3.68. The Morgan fingerprint density at radius 3 is 2.90 bits per heavy atom. The molecule has 2 aromatic heterocycles. The van der Waals surface area contributed by atoms with E-state index in [0.717, 1.165) is 29.7 Å². The van der Waals surface area contributed by atoms with Crippen molar-refractivity contribution in [2.45, 2.75) is 31.7 Å². The largest absolute Gasteiger partial charge is 0.395 e. The van der Waals surface area contributed by atoms with Gasteiger partial charge in [0, 0.05) is 19.6 Å². The molecule has 0 radical (unpaired) electrons. The summed E-state index contributed by atoms with van der Waals surface area (Å²) < 4.78 is 0. The van der Waals surface area contributed by atoms with Gasteiger partial charge in [-0.1, -0.05) is 12.8 Å². The van der Waals surface area contributed by atoms with Crippen molar-refractivity contribution in [2.24, 2.45) is 0 Å². The van der Waals surface area contributed by atoms with E-state index in [1.54, 1.807) is 13.2 Å². The minimum absolute atomic E-state index is 0.120. The second kappa shape index (κ2) is 5.62. The van der Waals surface area contributed by atoms with E-state index < -0.39 is 0 Å². The molecule has 1 fully saturated rings. The van der Waals surface area contributed by atoms with Crippen LogP contribution in [-0.4, -0.2) is 51.5 Å². The number of nitrogens with one attached hydrogen (secondary N) is 2. The maximum atomic E-state index is 9.38. The Labute approximate surface area is 117 Å². The lowest BCUT2D eigenvalue weighted by atomic mass is 10.2. The van der Waals surface area contributed by atoms with Gasteiger partial charge in [0.25, 0.3) is 0 Å². The van der Waals surface area contributed by atoms with Crippen LogP contribution in [0.25, 0.3) is 11.0 Å². The Bertz CT molecular complexity index is 577. The van der Waals surface area contributed by atoms with Crippen molar-refractivity contribution >= 4 is 22.8 Å². The van der Waals surface area contributed by atoms with Crippen LogP contribution in [0, 0.1) is 0 Å². The third-order valence-corrected chi connectivity index (χ3v) is 3.89. The molecule has 0 spiro atoms. The molecule has 20 heavy (non-hydrogen) atoms. The minimum atomic E-state index is 0.120.